The predicted octanol–water partition coefficient (Wildman–Crippen LogP) is 3.52. The van der Waals surface area contributed by atoms with Crippen molar-refractivity contribution in [3.8, 4) is 0 Å². The zero-order chi connectivity index (χ0) is 12.7. The standard InChI is InChI=1S/C13H24N2OS/c1-5-7-12(16-6-2)13-15-9-11(17-13)8-14-10(3)4/h9-10,12,14H,5-8H2,1-4H3. The molecule has 0 radical (unpaired) electrons. The Morgan fingerprint density at radius 1 is 1.41 bits per heavy atom. The Morgan fingerprint density at radius 2 is 2.18 bits per heavy atom. The minimum atomic E-state index is 0.183. The molecule has 3 nitrogen and oxygen atoms in total. The van der Waals surface area contributed by atoms with E-state index in [0.717, 1.165) is 31.0 Å². The fourth-order valence-electron chi connectivity index (χ4n) is 1.60. The van der Waals surface area contributed by atoms with E-state index in [1.807, 2.05) is 13.1 Å². The number of thiazole rings is 1. The van der Waals surface area contributed by atoms with Gasteiger partial charge in [0.2, 0.25) is 0 Å². The molecular formula is C13H24N2OS. The van der Waals surface area contributed by atoms with Crippen LogP contribution in [-0.4, -0.2) is 17.6 Å². The van der Waals surface area contributed by atoms with E-state index in [9.17, 15) is 0 Å². The van der Waals surface area contributed by atoms with Crippen LogP contribution >= 0.6 is 11.3 Å². The minimum Gasteiger partial charge on any atom is -0.371 e. The number of rotatable bonds is 8. The molecule has 4 heteroatoms. The monoisotopic (exact) mass is 256 g/mol. The van der Waals surface area contributed by atoms with Gasteiger partial charge in [0.15, 0.2) is 0 Å². The summed E-state index contributed by atoms with van der Waals surface area (Å²) in [6, 6.07) is 0.513. The van der Waals surface area contributed by atoms with E-state index in [0.29, 0.717) is 6.04 Å². The van der Waals surface area contributed by atoms with Gasteiger partial charge in [-0.2, -0.15) is 0 Å². The summed E-state index contributed by atoms with van der Waals surface area (Å²) in [5, 5.41) is 4.53. The van der Waals surface area contributed by atoms with E-state index in [1.165, 1.54) is 4.88 Å². The lowest BCUT2D eigenvalue weighted by atomic mass is 10.2. The van der Waals surface area contributed by atoms with Crippen LogP contribution in [0.15, 0.2) is 6.20 Å². The van der Waals surface area contributed by atoms with E-state index < -0.39 is 0 Å². The van der Waals surface area contributed by atoms with Crippen LogP contribution in [0.3, 0.4) is 0 Å². The lowest BCUT2D eigenvalue weighted by Gasteiger charge is -2.12. The third-order valence-corrected chi connectivity index (χ3v) is 3.54. The smallest absolute Gasteiger partial charge is 0.122 e. The molecule has 1 N–H and O–H groups in total. The van der Waals surface area contributed by atoms with Crippen LogP contribution in [0.25, 0.3) is 0 Å². The molecule has 1 heterocycles. The van der Waals surface area contributed by atoms with Crippen LogP contribution in [0, 0.1) is 0 Å². The maximum Gasteiger partial charge on any atom is 0.122 e. The molecule has 0 aliphatic rings. The van der Waals surface area contributed by atoms with E-state index in [1.54, 1.807) is 11.3 Å². The van der Waals surface area contributed by atoms with Gasteiger partial charge in [0.05, 0.1) is 0 Å². The minimum absolute atomic E-state index is 0.183. The highest BCUT2D eigenvalue weighted by Gasteiger charge is 2.14. The van der Waals surface area contributed by atoms with Crippen LogP contribution in [-0.2, 0) is 11.3 Å². The molecule has 0 bridgehead atoms. The van der Waals surface area contributed by atoms with Crippen molar-refractivity contribution in [2.75, 3.05) is 6.61 Å². The van der Waals surface area contributed by atoms with Gasteiger partial charge in [0.1, 0.15) is 11.1 Å². The Hall–Kier alpha value is -0.450. The molecule has 1 atom stereocenters. The molecule has 1 rings (SSSR count). The van der Waals surface area contributed by atoms with Gasteiger partial charge in [-0.25, -0.2) is 4.98 Å². The molecule has 0 aliphatic carbocycles. The zero-order valence-electron chi connectivity index (χ0n) is 11.3. The van der Waals surface area contributed by atoms with E-state index in [-0.39, 0.29) is 6.10 Å². The van der Waals surface area contributed by atoms with Gasteiger partial charge in [-0.15, -0.1) is 11.3 Å². The highest BCUT2D eigenvalue weighted by molar-refractivity contribution is 7.11. The van der Waals surface area contributed by atoms with Crippen LogP contribution in [0.1, 0.15) is 56.5 Å². The molecular weight excluding hydrogens is 232 g/mol. The van der Waals surface area contributed by atoms with E-state index in [2.05, 4.69) is 31.1 Å². The summed E-state index contributed by atoms with van der Waals surface area (Å²) in [4.78, 5) is 5.77. The van der Waals surface area contributed by atoms with Gasteiger partial charge >= 0.3 is 0 Å². The van der Waals surface area contributed by atoms with Crippen molar-refractivity contribution in [2.24, 2.45) is 0 Å². The average Bonchev–Trinajstić information content (AvgIpc) is 2.74. The zero-order valence-corrected chi connectivity index (χ0v) is 12.1. The molecule has 0 fully saturated rings. The Kier molecular flexibility index (Phi) is 6.70. The Bertz CT molecular complexity index is 306. The van der Waals surface area contributed by atoms with E-state index >= 15 is 0 Å². The summed E-state index contributed by atoms with van der Waals surface area (Å²) in [7, 11) is 0. The summed E-state index contributed by atoms with van der Waals surface area (Å²) in [6.07, 6.45) is 4.34. The van der Waals surface area contributed by atoms with Crippen LogP contribution in [0.5, 0.6) is 0 Å². The van der Waals surface area contributed by atoms with Gasteiger partial charge in [-0.1, -0.05) is 27.2 Å². The molecule has 0 saturated carbocycles. The molecule has 0 aromatic carbocycles. The fraction of sp³-hybridized carbons (Fsp3) is 0.769. The highest BCUT2D eigenvalue weighted by Crippen LogP contribution is 2.26. The fourth-order valence-corrected chi connectivity index (χ4v) is 2.55. The average molecular weight is 256 g/mol. The second-order valence-electron chi connectivity index (χ2n) is 4.43. The molecule has 0 saturated heterocycles. The Balaban J connectivity index is 2.57. The predicted molar refractivity (Wildman–Crippen MR) is 73.4 cm³/mol. The molecule has 98 valence electrons. The third-order valence-electron chi connectivity index (χ3n) is 2.45. The number of aromatic nitrogens is 1. The van der Waals surface area contributed by atoms with Crippen LogP contribution < -0.4 is 5.32 Å². The molecule has 1 aromatic heterocycles. The lowest BCUT2D eigenvalue weighted by molar-refractivity contribution is 0.0555. The molecule has 0 aliphatic heterocycles. The number of ether oxygens (including phenoxy) is 1. The van der Waals surface area contributed by atoms with Crippen molar-refractivity contribution in [2.45, 2.75) is 59.2 Å². The van der Waals surface area contributed by atoms with Gasteiger partial charge < -0.3 is 10.1 Å². The first-order valence-corrected chi connectivity index (χ1v) is 7.28. The lowest BCUT2D eigenvalue weighted by Crippen LogP contribution is -2.21. The number of hydrogen-bond acceptors (Lipinski definition) is 4. The van der Waals surface area contributed by atoms with Crippen molar-refractivity contribution in [1.29, 1.82) is 0 Å². The largest absolute Gasteiger partial charge is 0.371 e. The SMILES string of the molecule is CCCC(OCC)c1ncc(CNC(C)C)s1. The normalized spacial score (nSPS) is 13.2. The molecule has 17 heavy (non-hydrogen) atoms. The Morgan fingerprint density at radius 3 is 2.76 bits per heavy atom. The van der Waals surface area contributed by atoms with Gasteiger partial charge in [0, 0.05) is 30.3 Å². The molecule has 1 unspecified atom stereocenters. The van der Waals surface area contributed by atoms with Crippen LogP contribution in [0.2, 0.25) is 0 Å². The molecule has 0 amide bonds. The van der Waals surface area contributed by atoms with E-state index in [4.69, 9.17) is 4.74 Å². The summed E-state index contributed by atoms with van der Waals surface area (Å²) in [6.45, 7) is 10.2. The highest BCUT2D eigenvalue weighted by atomic mass is 32.1. The van der Waals surface area contributed by atoms with Gasteiger partial charge in [-0.3, -0.25) is 0 Å². The number of hydrogen-bond donors (Lipinski definition) is 1. The van der Waals surface area contributed by atoms with Crippen molar-refractivity contribution < 1.29 is 4.74 Å². The first kappa shape index (κ1) is 14.6. The first-order valence-electron chi connectivity index (χ1n) is 6.46. The summed E-state index contributed by atoms with van der Waals surface area (Å²) in [5.74, 6) is 0. The van der Waals surface area contributed by atoms with Gasteiger partial charge in [-0.05, 0) is 13.3 Å². The van der Waals surface area contributed by atoms with Crippen molar-refractivity contribution in [1.82, 2.24) is 10.3 Å². The van der Waals surface area contributed by atoms with Gasteiger partial charge in [0.25, 0.3) is 0 Å². The number of nitrogens with zero attached hydrogens (tertiary/aromatic N) is 1. The summed E-state index contributed by atoms with van der Waals surface area (Å²) >= 11 is 1.76. The first-order chi connectivity index (χ1) is 8.17. The second kappa shape index (κ2) is 7.80. The maximum absolute atomic E-state index is 5.73. The maximum atomic E-state index is 5.73. The summed E-state index contributed by atoms with van der Waals surface area (Å²) in [5.41, 5.74) is 0. The number of nitrogens with one attached hydrogen (secondary N) is 1. The quantitative estimate of drug-likeness (QED) is 0.772. The van der Waals surface area contributed by atoms with Crippen LogP contribution in [0.4, 0.5) is 0 Å². The topological polar surface area (TPSA) is 34.1 Å². The summed E-state index contributed by atoms with van der Waals surface area (Å²) < 4.78 is 5.73. The molecule has 0 spiro atoms. The Labute approximate surface area is 109 Å². The molecule has 1 aromatic rings. The second-order valence-corrected chi connectivity index (χ2v) is 5.58. The van der Waals surface area contributed by atoms with Crippen molar-refractivity contribution >= 4 is 11.3 Å². The third kappa shape index (κ3) is 5.15. The van der Waals surface area contributed by atoms with Crippen molar-refractivity contribution in [3.63, 3.8) is 0 Å². The van der Waals surface area contributed by atoms with Crippen molar-refractivity contribution in [3.05, 3.63) is 16.1 Å².